The van der Waals surface area contributed by atoms with Crippen LogP contribution in [-0.2, 0) is 10.0 Å². The highest BCUT2D eigenvalue weighted by atomic mass is 32.2. The number of nitrogens with zero attached hydrogens (tertiary/aromatic N) is 2. The molecule has 1 unspecified atom stereocenters. The largest absolute Gasteiger partial charge is 0.315 e. The van der Waals surface area contributed by atoms with Crippen molar-refractivity contribution in [2.75, 3.05) is 19.6 Å². The molecule has 1 aliphatic heterocycles. The molecule has 1 fully saturated rings. The predicted octanol–water partition coefficient (Wildman–Crippen LogP) is 1.24. The van der Waals surface area contributed by atoms with Gasteiger partial charge in [-0.05, 0) is 43.7 Å². The molecule has 1 heterocycles. The molecule has 1 atom stereocenters. The van der Waals surface area contributed by atoms with Gasteiger partial charge in [0.25, 0.3) is 0 Å². The number of rotatable bonds is 4. The Morgan fingerprint density at radius 1 is 1.50 bits per heavy atom. The second kappa shape index (κ2) is 5.92. The van der Waals surface area contributed by atoms with E-state index in [-0.39, 0.29) is 6.04 Å². The molecule has 5 nitrogen and oxygen atoms in total. The summed E-state index contributed by atoms with van der Waals surface area (Å²) in [4.78, 5) is 0.297. The van der Waals surface area contributed by atoms with E-state index in [0.29, 0.717) is 29.1 Å². The van der Waals surface area contributed by atoms with Crippen molar-refractivity contribution in [3.63, 3.8) is 0 Å². The lowest BCUT2D eigenvalue weighted by molar-refractivity contribution is 0.348. The molecular weight excluding hydrogens is 274 g/mol. The van der Waals surface area contributed by atoms with Crippen LogP contribution in [0.15, 0.2) is 23.1 Å². The van der Waals surface area contributed by atoms with Crippen LogP contribution in [-0.4, -0.2) is 38.4 Å². The van der Waals surface area contributed by atoms with Gasteiger partial charge in [-0.25, -0.2) is 8.42 Å². The van der Waals surface area contributed by atoms with E-state index in [1.807, 2.05) is 13.0 Å². The van der Waals surface area contributed by atoms with Crippen molar-refractivity contribution in [2.45, 2.75) is 31.2 Å². The SMILES string of the molecule is CCN(C1CCNC1)S(=O)(=O)c1ccc(C#N)cc1C. The van der Waals surface area contributed by atoms with Gasteiger partial charge in [-0.1, -0.05) is 6.92 Å². The van der Waals surface area contributed by atoms with Gasteiger partial charge in [0, 0.05) is 19.1 Å². The normalized spacial score (nSPS) is 19.2. The van der Waals surface area contributed by atoms with Gasteiger partial charge in [0.1, 0.15) is 0 Å². The standard InChI is InChI=1S/C14H19N3O2S/c1-3-17(13-6-7-16-10-13)20(18,19)14-5-4-12(9-15)8-11(14)2/h4-5,8,13,16H,3,6-7,10H2,1-2H3. The Hall–Kier alpha value is -1.42. The Kier molecular flexibility index (Phi) is 4.43. The first kappa shape index (κ1) is 15.0. The van der Waals surface area contributed by atoms with Gasteiger partial charge in [0.05, 0.1) is 16.5 Å². The fourth-order valence-electron chi connectivity index (χ4n) is 2.64. The van der Waals surface area contributed by atoms with Gasteiger partial charge in [0.2, 0.25) is 10.0 Å². The van der Waals surface area contributed by atoms with Crippen LogP contribution in [0.1, 0.15) is 24.5 Å². The van der Waals surface area contributed by atoms with Crippen molar-refractivity contribution < 1.29 is 8.42 Å². The van der Waals surface area contributed by atoms with E-state index in [4.69, 9.17) is 5.26 Å². The average Bonchev–Trinajstić information content (AvgIpc) is 2.92. The van der Waals surface area contributed by atoms with Crippen LogP contribution in [0.3, 0.4) is 0 Å². The van der Waals surface area contributed by atoms with Gasteiger partial charge in [-0.2, -0.15) is 9.57 Å². The third kappa shape index (κ3) is 2.70. The fraction of sp³-hybridized carbons (Fsp3) is 0.500. The zero-order valence-electron chi connectivity index (χ0n) is 11.8. The summed E-state index contributed by atoms with van der Waals surface area (Å²) < 4.78 is 27.1. The number of hydrogen-bond donors (Lipinski definition) is 1. The molecule has 1 aromatic rings. The zero-order chi connectivity index (χ0) is 14.8. The van der Waals surface area contributed by atoms with Crippen molar-refractivity contribution in [1.82, 2.24) is 9.62 Å². The highest BCUT2D eigenvalue weighted by Crippen LogP contribution is 2.24. The Bertz CT molecular complexity index is 628. The fourth-order valence-corrected chi connectivity index (χ4v) is 4.52. The molecule has 6 heteroatoms. The minimum absolute atomic E-state index is 0.0139. The van der Waals surface area contributed by atoms with Crippen LogP contribution in [0.25, 0.3) is 0 Å². The summed E-state index contributed by atoms with van der Waals surface area (Å²) in [6.07, 6.45) is 0.836. The topological polar surface area (TPSA) is 73.2 Å². The molecule has 0 spiro atoms. The summed E-state index contributed by atoms with van der Waals surface area (Å²) in [5.74, 6) is 0. The Balaban J connectivity index is 2.40. The second-order valence-electron chi connectivity index (χ2n) is 4.95. The van der Waals surface area contributed by atoms with Crippen LogP contribution in [0.5, 0.6) is 0 Å². The van der Waals surface area contributed by atoms with Gasteiger partial charge < -0.3 is 5.32 Å². The molecule has 0 saturated carbocycles. The molecule has 1 N–H and O–H groups in total. The van der Waals surface area contributed by atoms with Gasteiger partial charge >= 0.3 is 0 Å². The van der Waals surface area contributed by atoms with Crippen molar-refractivity contribution >= 4 is 10.0 Å². The number of aryl methyl sites for hydroxylation is 1. The Morgan fingerprint density at radius 2 is 2.25 bits per heavy atom. The summed E-state index contributed by atoms with van der Waals surface area (Å²) >= 11 is 0. The molecule has 2 rings (SSSR count). The molecule has 1 aliphatic rings. The number of benzene rings is 1. The van der Waals surface area contributed by atoms with E-state index in [1.165, 1.54) is 6.07 Å². The van der Waals surface area contributed by atoms with Crippen LogP contribution in [0, 0.1) is 18.3 Å². The maximum absolute atomic E-state index is 12.8. The molecular formula is C14H19N3O2S. The second-order valence-corrected chi connectivity index (χ2v) is 6.81. The zero-order valence-corrected chi connectivity index (χ0v) is 12.6. The van der Waals surface area contributed by atoms with E-state index in [1.54, 1.807) is 23.4 Å². The van der Waals surface area contributed by atoms with Crippen molar-refractivity contribution in [3.8, 4) is 6.07 Å². The number of sulfonamides is 1. The van der Waals surface area contributed by atoms with Crippen LogP contribution in [0.4, 0.5) is 0 Å². The van der Waals surface area contributed by atoms with Gasteiger partial charge in [-0.3, -0.25) is 0 Å². The quantitative estimate of drug-likeness (QED) is 0.906. The van der Waals surface area contributed by atoms with E-state index in [9.17, 15) is 8.42 Å². The third-order valence-corrected chi connectivity index (χ3v) is 5.83. The van der Waals surface area contributed by atoms with E-state index < -0.39 is 10.0 Å². The molecule has 0 bridgehead atoms. The van der Waals surface area contributed by atoms with E-state index in [0.717, 1.165) is 13.0 Å². The summed E-state index contributed by atoms with van der Waals surface area (Å²) in [5.41, 5.74) is 1.10. The van der Waals surface area contributed by atoms with Crippen molar-refractivity contribution in [1.29, 1.82) is 5.26 Å². The molecule has 108 valence electrons. The lowest BCUT2D eigenvalue weighted by Gasteiger charge is -2.27. The van der Waals surface area contributed by atoms with Crippen LogP contribution in [0.2, 0.25) is 0 Å². The smallest absolute Gasteiger partial charge is 0.243 e. The van der Waals surface area contributed by atoms with Gasteiger partial charge in [-0.15, -0.1) is 0 Å². The van der Waals surface area contributed by atoms with Crippen molar-refractivity contribution in [2.24, 2.45) is 0 Å². The summed E-state index contributed by atoms with van der Waals surface area (Å²) in [6.45, 7) is 5.59. The first-order chi connectivity index (χ1) is 9.50. The first-order valence-corrected chi connectivity index (χ1v) is 8.18. The minimum atomic E-state index is -3.51. The predicted molar refractivity (Wildman–Crippen MR) is 76.7 cm³/mol. The van der Waals surface area contributed by atoms with Crippen LogP contribution >= 0.6 is 0 Å². The molecule has 1 aromatic carbocycles. The molecule has 0 aromatic heterocycles. The highest BCUT2D eigenvalue weighted by molar-refractivity contribution is 7.89. The highest BCUT2D eigenvalue weighted by Gasteiger charge is 2.32. The Morgan fingerprint density at radius 3 is 2.75 bits per heavy atom. The molecule has 20 heavy (non-hydrogen) atoms. The molecule has 0 radical (unpaired) electrons. The number of likely N-dealkylation sites (N-methyl/N-ethyl adjacent to an activating group) is 1. The summed E-state index contributed by atoms with van der Waals surface area (Å²) in [7, 11) is -3.51. The number of nitrogens with one attached hydrogen (secondary N) is 1. The molecule has 0 amide bonds. The third-order valence-electron chi connectivity index (χ3n) is 3.64. The van der Waals surface area contributed by atoms with Crippen LogP contribution < -0.4 is 5.32 Å². The van der Waals surface area contributed by atoms with E-state index in [2.05, 4.69) is 5.32 Å². The van der Waals surface area contributed by atoms with Crippen molar-refractivity contribution in [3.05, 3.63) is 29.3 Å². The minimum Gasteiger partial charge on any atom is -0.315 e. The number of hydrogen-bond acceptors (Lipinski definition) is 4. The molecule has 1 saturated heterocycles. The Labute approximate surface area is 120 Å². The summed E-state index contributed by atoms with van der Waals surface area (Å²) in [6, 6.07) is 6.75. The van der Waals surface area contributed by atoms with Gasteiger partial charge in [0.15, 0.2) is 0 Å². The lowest BCUT2D eigenvalue weighted by atomic mass is 10.2. The first-order valence-electron chi connectivity index (χ1n) is 6.74. The maximum Gasteiger partial charge on any atom is 0.243 e. The summed E-state index contributed by atoms with van der Waals surface area (Å²) in [5, 5.41) is 12.1. The average molecular weight is 293 g/mol. The number of nitriles is 1. The lowest BCUT2D eigenvalue weighted by Crippen LogP contribution is -2.41. The molecule has 0 aliphatic carbocycles. The monoisotopic (exact) mass is 293 g/mol. The maximum atomic E-state index is 12.8. The van der Waals surface area contributed by atoms with E-state index >= 15 is 0 Å².